The van der Waals surface area contributed by atoms with Gasteiger partial charge in [0.2, 0.25) is 11.8 Å². The van der Waals surface area contributed by atoms with Crippen molar-refractivity contribution in [3.05, 3.63) is 84.4 Å². The number of nitrogens with one attached hydrogen (secondary N) is 3. The van der Waals surface area contributed by atoms with E-state index in [1.807, 2.05) is 92.7 Å². The van der Waals surface area contributed by atoms with Crippen molar-refractivity contribution in [2.24, 2.45) is 0 Å². The van der Waals surface area contributed by atoms with Crippen LogP contribution in [0.1, 0.15) is 25.8 Å². The number of benzene rings is 3. The van der Waals surface area contributed by atoms with Crippen molar-refractivity contribution in [3.63, 3.8) is 0 Å². The molecule has 166 valence electrons. The highest BCUT2D eigenvalue weighted by Gasteiger charge is 2.06. The second-order valence-electron chi connectivity index (χ2n) is 7.70. The maximum atomic E-state index is 12.2. The summed E-state index contributed by atoms with van der Waals surface area (Å²) in [7, 11) is 0. The van der Waals surface area contributed by atoms with Gasteiger partial charge in [0.05, 0.1) is 12.6 Å². The molecule has 0 aliphatic carbocycles. The van der Waals surface area contributed by atoms with Gasteiger partial charge >= 0.3 is 0 Å². The first-order valence-corrected chi connectivity index (χ1v) is 10.7. The summed E-state index contributed by atoms with van der Waals surface area (Å²) in [6, 6.07) is 24.5. The standard InChI is InChI=1S/C26H29N3O3/c1-19(2)32-24-15-13-23(14-16-24)29-26(31)18-27-21-9-11-22(12-10-21)28-25(30)17-8-20-6-4-3-5-7-20/h3-7,9-16,19,27H,8,17-18H2,1-2H3,(H,28,30)(H,29,31). The zero-order valence-electron chi connectivity index (χ0n) is 18.4. The van der Waals surface area contributed by atoms with Crippen LogP contribution >= 0.6 is 0 Å². The second-order valence-corrected chi connectivity index (χ2v) is 7.70. The van der Waals surface area contributed by atoms with E-state index in [2.05, 4.69) is 16.0 Å². The fourth-order valence-corrected chi connectivity index (χ4v) is 3.07. The molecule has 3 aromatic rings. The molecule has 2 amide bonds. The SMILES string of the molecule is CC(C)Oc1ccc(NC(=O)CNc2ccc(NC(=O)CCc3ccccc3)cc2)cc1. The molecule has 6 nitrogen and oxygen atoms in total. The molecule has 0 unspecified atom stereocenters. The summed E-state index contributed by atoms with van der Waals surface area (Å²) < 4.78 is 5.60. The number of hydrogen-bond donors (Lipinski definition) is 3. The summed E-state index contributed by atoms with van der Waals surface area (Å²) in [4.78, 5) is 24.3. The van der Waals surface area contributed by atoms with Gasteiger partial charge in [0.15, 0.2) is 0 Å². The lowest BCUT2D eigenvalue weighted by molar-refractivity contribution is -0.116. The van der Waals surface area contributed by atoms with Crippen molar-refractivity contribution in [2.75, 3.05) is 22.5 Å². The predicted octanol–water partition coefficient (Wildman–Crippen LogP) is 5.10. The molecule has 0 saturated heterocycles. The summed E-state index contributed by atoms with van der Waals surface area (Å²) in [6.07, 6.45) is 1.23. The zero-order chi connectivity index (χ0) is 22.8. The molecule has 0 aromatic heterocycles. The Morgan fingerprint density at radius 1 is 0.750 bits per heavy atom. The highest BCUT2D eigenvalue weighted by Crippen LogP contribution is 2.17. The maximum Gasteiger partial charge on any atom is 0.243 e. The van der Waals surface area contributed by atoms with Crippen LogP contribution in [0.3, 0.4) is 0 Å². The first-order valence-electron chi connectivity index (χ1n) is 10.7. The Hall–Kier alpha value is -3.80. The van der Waals surface area contributed by atoms with Gasteiger partial charge in [0.25, 0.3) is 0 Å². The lowest BCUT2D eigenvalue weighted by atomic mass is 10.1. The van der Waals surface area contributed by atoms with Crippen LogP contribution < -0.4 is 20.7 Å². The van der Waals surface area contributed by atoms with Gasteiger partial charge in [-0.05, 0) is 74.4 Å². The highest BCUT2D eigenvalue weighted by atomic mass is 16.5. The summed E-state index contributed by atoms with van der Waals surface area (Å²) >= 11 is 0. The van der Waals surface area contributed by atoms with Gasteiger partial charge in [0.1, 0.15) is 5.75 Å². The number of anilines is 3. The minimum absolute atomic E-state index is 0.0289. The van der Waals surface area contributed by atoms with E-state index in [1.165, 1.54) is 0 Å². The molecule has 0 atom stereocenters. The van der Waals surface area contributed by atoms with Crippen molar-refractivity contribution in [3.8, 4) is 5.75 Å². The maximum absolute atomic E-state index is 12.2. The minimum atomic E-state index is -0.152. The molecule has 0 fully saturated rings. The molecular formula is C26H29N3O3. The molecule has 0 saturated carbocycles. The second kappa shape index (κ2) is 11.6. The molecule has 3 aromatic carbocycles. The topological polar surface area (TPSA) is 79.5 Å². The average molecular weight is 432 g/mol. The molecule has 0 heterocycles. The fraction of sp³-hybridized carbons (Fsp3) is 0.231. The van der Waals surface area contributed by atoms with Gasteiger partial charge < -0.3 is 20.7 Å². The van der Waals surface area contributed by atoms with Crippen molar-refractivity contribution < 1.29 is 14.3 Å². The number of rotatable bonds is 10. The van der Waals surface area contributed by atoms with E-state index in [0.717, 1.165) is 22.7 Å². The summed E-state index contributed by atoms with van der Waals surface area (Å²) in [5, 5.41) is 8.82. The third-order valence-electron chi connectivity index (χ3n) is 4.62. The Kier molecular flexibility index (Phi) is 8.26. The quantitative estimate of drug-likeness (QED) is 0.417. The Morgan fingerprint density at radius 3 is 1.94 bits per heavy atom. The lowest BCUT2D eigenvalue weighted by Crippen LogP contribution is -2.21. The normalized spacial score (nSPS) is 10.5. The Labute approximate surface area is 189 Å². The smallest absolute Gasteiger partial charge is 0.243 e. The van der Waals surface area contributed by atoms with Crippen LogP contribution in [-0.4, -0.2) is 24.5 Å². The Balaban J connectivity index is 1.40. The van der Waals surface area contributed by atoms with E-state index in [4.69, 9.17) is 4.74 Å². The predicted molar refractivity (Wildman–Crippen MR) is 129 cm³/mol. The monoisotopic (exact) mass is 431 g/mol. The molecule has 3 N–H and O–H groups in total. The van der Waals surface area contributed by atoms with Crippen LogP contribution in [0.15, 0.2) is 78.9 Å². The van der Waals surface area contributed by atoms with E-state index >= 15 is 0 Å². The number of carbonyl (C=O) groups excluding carboxylic acids is 2. The molecule has 0 aliphatic heterocycles. The summed E-state index contributed by atoms with van der Waals surface area (Å²) in [6.45, 7) is 4.06. The molecule has 0 bridgehead atoms. The number of ether oxygens (including phenoxy) is 1. The number of amides is 2. The van der Waals surface area contributed by atoms with Crippen LogP contribution in [0, 0.1) is 0 Å². The van der Waals surface area contributed by atoms with Crippen LogP contribution in [-0.2, 0) is 16.0 Å². The number of hydrogen-bond acceptors (Lipinski definition) is 4. The van der Waals surface area contributed by atoms with Gasteiger partial charge in [-0.15, -0.1) is 0 Å². The Bertz CT molecular complexity index is 1000. The van der Waals surface area contributed by atoms with Crippen LogP contribution in [0.2, 0.25) is 0 Å². The first-order chi connectivity index (χ1) is 15.5. The Morgan fingerprint density at radius 2 is 1.31 bits per heavy atom. The third-order valence-corrected chi connectivity index (χ3v) is 4.62. The van der Waals surface area contributed by atoms with Crippen LogP contribution in [0.25, 0.3) is 0 Å². The van der Waals surface area contributed by atoms with Gasteiger partial charge in [-0.25, -0.2) is 0 Å². The van der Waals surface area contributed by atoms with Gasteiger partial charge in [0, 0.05) is 23.5 Å². The van der Waals surface area contributed by atoms with Crippen molar-refractivity contribution in [1.29, 1.82) is 0 Å². The molecular weight excluding hydrogens is 402 g/mol. The molecule has 0 aliphatic rings. The lowest BCUT2D eigenvalue weighted by Gasteiger charge is -2.11. The molecule has 0 spiro atoms. The van der Waals surface area contributed by atoms with Gasteiger partial charge in [-0.3, -0.25) is 9.59 Å². The molecule has 6 heteroatoms. The zero-order valence-corrected chi connectivity index (χ0v) is 18.4. The van der Waals surface area contributed by atoms with E-state index in [0.29, 0.717) is 18.5 Å². The summed E-state index contributed by atoms with van der Waals surface area (Å²) in [5.74, 6) is 0.586. The molecule has 0 radical (unpaired) electrons. The van der Waals surface area contributed by atoms with Gasteiger partial charge in [-0.2, -0.15) is 0 Å². The fourth-order valence-electron chi connectivity index (χ4n) is 3.07. The number of aryl methyl sites for hydroxylation is 1. The van der Waals surface area contributed by atoms with E-state index in [-0.39, 0.29) is 24.5 Å². The van der Waals surface area contributed by atoms with Crippen molar-refractivity contribution in [2.45, 2.75) is 32.8 Å². The van der Waals surface area contributed by atoms with E-state index < -0.39 is 0 Å². The van der Waals surface area contributed by atoms with Crippen molar-refractivity contribution >= 4 is 28.9 Å². The van der Waals surface area contributed by atoms with Crippen LogP contribution in [0.4, 0.5) is 17.1 Å². The van der Waals surface area contributed by atoms with E-state index in [9.17, 15) is 9.59 Å². The summed E-state index contributed by atoms with van der Waals surface area (Å²) in [5.41, 5.74) is 3.37. The third kappa shape index (κ3) is 7.80. The molecule has 3 rings (SSSR count). The highest BCUT2D eigenvalue weighted by molar-refractivity contribution is 5.94. The van der Waals surface area contributed by atoms with Crippen LogP contribution in [0.5, 0.6) is 5.75 Å². The van der Waals surface area contributed by atoms with E-state index in [1.54, 1.807) is 0 Å². The molecule has 32 heavy (non-hydrogen) atoms. The average Bonchev–Trinajstić information content (AvgIpc) is 2.79. The number of carbonyl (C=O) groups is 2. The largest absolute Gasteiger partial charge is 0.491 e. The minimum Gasteiger partial charge on any atom is -0.491 e. The first kappa shape index (κ1) is 22.9. The van der Waals surface area contributed by atoms with Gasteiger partial charge in [-0.1, -0.05) is 30.3 Å². The van der Waals surface area contributed by atoms with Crippen molar-refractivity contribution in [1.82, 2.24) is 0 Å².